The number of nitrogens with zero attached hydrogens (tertiary/aromatic N) is 2. The molecule has 0 bridgehead atoms. The average Bonchev–Trinajstić information content (AvgIpc) is 2.95. The topological polar surface area (TPSA) is 58.4 Å². The van der Waals surface area contributed by atoms with E-state index in [1.54, 1.807) is 11.4 Å². The number of hydrogen-bond acceptors (Lipinski definition) is 5. The predicted octanol–water partition coefficient (Wildman–Crippen LogP) is 2.80. The van der Waals surface area contributed by atoms with Gasteiger partial charge in [-0.15, -0.1) is 11.3 Å². The van der Waals surface area contributed by atoms with Crippen molar-refractivity contribution in [3.05, 3.63) is 21.6 Å². The van der Waals surface area contributed by atoms with Crippen LogP contribution in [0.15, 0.2) is 11.4 Å². The van der Waals surface area contributed by atoms with Crippen LogP contribution in [0, 0.1) is 16.0 Å². The maximum atomic E-state index is 10.8. The first-order valence-electron chi connectivity index (χ1n) is 6.27. The Hall–Kier alpha value is -1.14. The zero-order valence-electron chi connectivity index (χ0n) is 10.8. The van der Waals surface area contributed by atoms with Gasteiger partial charge in [-0.05, 0) is 38.1 Å². The minimum atomic E-state index is -0.325. The highest BCUT2D eigenvalue weighted by atomic mass is 32.1. The number of thiophene rings is 1. The van der Waals surface area contributed by atoms with Gasteiger partial charge in [-0.3, -0.25) is 10.1 Å². The Morgan fingerprint density at radius 1 is 1.67 bits per heavy atom. The monoisotopic (exact) mass is 269 g/mol. The zero-order chi connectivity index (χ0) is 13.1. The molecule has 1 atom stereocenters. The van der Waals surface area contributed by atoms with E-state index in [1.165, 1.54) is 17.8 Å². The van der Waals surface area contributed by atoms with Crippen LogP contribution < -0.4 is 5.32 Å². The Morgan fingerprint density at radius 3 is 3.06 bits per heavy atom. The van der Waals surface area contributed by atoms with E-state index in [2.05, 4.69) is 24.1 Å². The van der Waals surface area contributed by atoms with Gasteiger partial charge in [-0.1, -0.05) is 0 Å². The molecule has 0 amide bonds. The molecule has 2 heterocycles. The largest absolute Gasteiger partial charge is 0.371 e. The van der Waals surface area contributed by atoms with Crippen LogP contribution in [-0.2, 0) is 0 Å². The van der Waals surface area contributed by atoms with Crippen LogP contribution >= 0.6 is 11.3 Å². The summed E-state index contributed by atoms with van der Waals surface area (Å²) in [5, 5.41) is 16.5. The van der Waals surface area contributed by atoms with E-state index in [0.29, 0.717) is 17.0 Å². The smallest absolute Gasteiger partial charge is 0.303 e. The molecule has 1 aliphatic heterocycles. The third-order valence-corrected chi connectivity index (χ3v) is 4.30. The molecule has 1 unspecified atom stereocenters. The van der Waals surface area contributed by atoms with Gasteiger partial charge in [0.05, 0.1) is 4.92 Å². The third-order valence-electron chi connectivity index (χ3n) is 3.44. The molecule has 0 radical (unpaired) electrons. The molecule has 18 heavy (non-hydrogen) atoms. The standard InChI is InChI=1S/C12H19N3O2S/c1-9(2)14-5-3-10(8-14)7-13-12-11(15(16)17)4-6-18-12/h4,6,9-10,13H,3,5,7-8H2,1-2H3. The van der Waals surface area contributed by atoms with Gasteiger partial charge < -0.3 is 10.2 Å². The van der Waals surface area contributed by atoms with E-state index in [0.717, 1.165) is 19.6 Å². The van der Waals surface area contributed by atoms with Gasteiger partial charge in [0, 0.05) is 25.2 Å². The van der Waals surface area contributed by atoms with E-state index >= 15 is 0 Å². The van der Waals surface area contributed by atoms with Gasteiger partial charge in [0.15, 0.2) is 5.00 Å². The summed E-state index contributed by atoms with van der Waals surface area (Å²) in [6, 6.07) is 2.15. The molecular weight excluding hydrogens is 250 g/mol. The van der Waals surface area contributed by atoms with Gasteiger partial charge in [0.2, 0.25) is 0 Å². The molecule has 0 saturated carbocycles. The fraction of sp³-hybridized carbons (Fsp3) is 0.667. The van der Waals surface area contributed by atoms with Crippen molar-refractivity contribution < 1.29 is 4.92 Å². The summed E-state index contributed by atoms with van der Waals surface area (Å²) in [7, 11) is 0. The van der Waals surface area contributed by atoms with Crippen molar-refractivity contribution in [3.63, 3.8) is 0 Å². The number of nitro groups is 1. The zero-order valence-corrected chi connectivity index (χ0v) is 11.6. The fourth-order valence-corrected chi connectivity index (χ4v) is 3.08. The van der Waals surface area contributed by atoms with Gasteiger partial charge in [0.25, 0.3) is 0 Å². The second kappa shape index (κ2) is 5.67. The quantitative estimate of drug-likeness (QED) is 0.659. The molecule has 100 valence electrons. The van der Waals surface area contributed by atoms with Crippen molar-refractivity contribution in [2.75, 3.05) is 25.0 Å². The molecule has 2 rings (SSSR count). The summed E-state index contributed by atoms with van der Waals surface area (Å²) in [5.41, 5.74) is 0.193. The molecule has 6 heteroatoms. The number of anilines is 1. The molecule has 0 spiro atoms. The molecule has 1 N–H and O–H groups in total. The Kier molecular flexibility index (Phi) is 4.19. The Bertz CT molecular complexity index is 419. The lowest BCUT2D eigenvalue weighted by Gasteiger charge is -2.20. The van der Waals surface area contributed by atoms with Crippen LogP contribution in [0.2, 0.25) is 0 Å². The summed E-state index contributed by atoms with van der Waals surface area (Å²) >= 11 is 1.40. The minimum absolute atomic E-state index is 0.193. The molecule has 0 aromatic carbocycles. The first-order valence-corrected chi connectivity index (χ1v) is 7.15. The van der Waals surface area contributed by atoms with E-state index in [-0.39, 0.29) is 10.6 Å². The van der Waals surface area contributed by atoms with Crippen LogP contribution in [0.5, 0.6) is 0 Å². The van der Waals surface area contributed by atoms with E-state index in [9.17, 15) is 10.1 Å². The number of likely N-dealkylation sites (tertiary alicyclic amines) is 1. The number of nitrogens with one attached hydrogen (secondary N) is 1. The van der Waals surface area contributed by atoms with Crippen molar-refractivity contribution in [2.24, 2.45) is 5.92 Å². The lowest BCUT2D eigenvalue weighted by atomic mass is 10.1. The maximum Gasteiger partial charge on any atom is 0.303 e. The second-order valence-corrected chi connectivity index (χ2v) is 5.93. The third kappa shape index (κ3) is 3.00. The highest BCUT2D eigenvalue weighted by Gasteiger charge is 2.24. The highest BCUT2D eigenvalue weighted by molar-refractivity contribution is 7.14. The van der Waals surface area contributed by atoms with Crippen molar-refractivity contribution in [1.82, 2.24) is 4.90 Å². The van der Waals surface area contributed by atoms with Gasteiger partial charge in [-0.25, -0.2) is 0 Å². The van der Waals surface area contributed by atoms with Gasteiger partial charge in [-0.2, -0.15) is 0 Å². The number of hydrogen-bond donors (Lipinski definition) is 1. The molecule has 5 nitrogen and oxygen atoms in total. The average molecular weight is 269 g/mol. The van der Waals surface area contributed by atoms with Crippen LogP contribution in [0.4, 0.5) is 10.7 Å². The molecule has 1 aromatic rings. The fourth-order valence-electron chi connectivity index (χ4n) is 2.31. The number of rotatable bonds is 5. The summed E-state index contributed by atoms with van der Waals surface area (Å²) in [6.07, 6.45) is 1.17. The lowest BCUT2D eigenvalue weighted by Crippen LogP contribution is -2.29. The van der Waals surface area contributed by atoms with E-state index < -0.39 is 0 Å². The van der Waals surface area contributed by atoms with Crippen molar-refractivity contribution in [1.29, 1.82) is 0 Å². The van der Waals surface area contributed by atoms with E-state index in [4.69, 9.17) is 0 Å². The SMILES string of the molecule is CC(C)N1CCC(CNc2sccc2[N+](=O)[O-])C1. The summed E-state index contributed by atoms with van der Waals surface area (Å²) in [6.45, 7) is 7.46. The van der Waals surface area contributed by atoms with Crippen LogP contribution in [0.1, 0.15) is 20.3 Å². The van der Waals surface area contributed by atoms with Crippen molar-refractivity contribution >= 4 is 22.0 Å². The lowest BCUT2D eigenvalue weighted by molar-refractivity contribution is -0.383. The maximum absolute atomic E-state index is 10.8. The Balaban J connectivity index is 1.85. The minimum Gasteiger partial charge on any atom is -0.371 e. The van der Waals surface area contributed by atoms with Gasteiger partial charge in [0.1, 0.15) is 0 Å². The first-order chi connectivity index (χ1) is 8.58. The molecular formula is C12H19N3O2S. The molecule has 1 aromatic heterocycles. The van der Waals surface area contributed by atoms with Gasteiger partial charge >= 0.3 is 5.69 Å². The highest BCUT2D eigenvalue weighted by Crippen LogP contribution is 2.31. The van der Waals surface area contributed by atoms with Crippen LogP contribution in [-0.4, -0.2) is 35.5 Å². The molecule has 1 saturated heterocycles. The Labute approximate surface area is 111 Å². The predicted molar refractivity (Wildman–Crippen MR) is 74.3 cm³/mol. The molecule has 1 aliphatic rings. The van der Waals surface area contributed by atoms with Crippen molar-refractivity contribution in [3.8, 4) is 0 Å². The summed E-state index contributed by atoms with van der Waals surface area (Å²) < 4.78 is 0. The second-order valence-electron chi connectivity index (χ2n) is 5.02. The van der Waals surface area contributed by atoms with Crippen LogP contribution in [0.3, 0.4) is 0 Å². The Morgan fingerprint density at radius 2 is 2.44 bits per heavy atom. The van der Waals surface area contributed by atoms with Crippen LogP contribution in [0.25, 0.3) is 0 Å². The van der Waals surface area contributed by atoms with E-state index in [1.807, 2.05) is 0 Å². The first kappa shape index (κ1) is 13.3. The normalized spacial score (nSPS) is 20.5. The summed E-state index contributed by atoms with van der Waals surface area (Å²) in [5.74, 6) is 0.592. The molecule has 0 aliphatic carbocycles. The van der Waals surface area contributed by atoms with Crippen molar-refractivity contribution in [2.45, 2.75) is 26.3 Å². The molecule has 1 fully saturated rings. The summed E-state index contributed by atoms with van der Waals surface area (Å²) in [4.78, 5) is 12.9.